The Bertz CT molecular complexity index is 597. The van der Waals surface area contributed by atoms with Crippen molar-refractivity contribution in [2.45, 2.75) is 20.1 Å². The quantitative estimate of drug-likeness (QED) is 0.862. The van der Waals surface area contributed by atoms with Crippen molar-refractivity contribution in [2.24, 2.45) is 5.73 Å². The van der Waals surface area contributed by atoms with Crippen molar-refractivity contribution in [3.05, 3.63) is 46.7 Å². The molecule has 100 valence electrons. The van der Waals surface area contributed by atoms with E-state index in [2.05, 4.69) is 5.10 Å². The lowest BCUT2D eigenvalue weighted by Gasteiger charge is -2.07. The number of nitrogens with two attached hydrogens (primary N) is 1. The van der Waals surface area contributed by atoms with Crippen LogP contribution in [0, 0.1) is 0 Å². The van der Waals surface area contributed by atoms with Crippen LogP contribution in [0.3, 0.4) is 0 Å². The Morgan fingerprint density at radius 3 is 2.89 bits per heavy atom. The number of hydrogen-bond acceptors (Lipinski definition) is 3. The number of aryl methyl sites for hydroxylation is 1. The highest BCUT2D eigenvalue weighted by Crippen LogP contribution is 2.23. The number of thiocarbonyl (C=S) groups is 1. The molecule has 0 atom stereocenters. The third-order valence-electron chi connectivity index (χ3n) is 2.62. The van der Waals surface area contributed by atoms with Crippen molar-refractivity contribution in [1.29, 1.82) is 0 Å². The van der Waals surface area contributed by atoms with Gasteiger partial charge in [0.1, 0.15) is 17.3 Å². The van der Waals surface area contributed by atoms with Crippen LogP contribution in [0.25, 0.3) is 0 Å². The molecule has 6 heteroatoms. The van der Waals surface area contributed by atoms with Crippen molar-refractivity contribution in [3.63, 3.8) is 0 Å². The van der Waals surface area contributed by atoms with Gasteiger partial charge in [-0.25, -0.2) is 0 Å². The number of aromatic nitrogens is 2. The Morgan fingerprint density at radius 2 is 2.32 bits per heavy atom. The third-order valence-corrected chi connectivity index (χ3v) is 3.15. The maximum Gasteiger partial charge on any atom is 0.121 e. The molecule has 0 saturated heterocycles. The molecule has 0 radical (unpaired) electrons. The van der Waals surface area contributed by atoms with Gasteiger partial charge in [0.15, 0.2) is 0 Å². The highest BCUT2D eigenvalue weighted by Gasteiger charge is 2.05. The molecular formula is C13H14ClN3OS. The molecule has 1 aromatic carbocycles. The molecule has 0 aliphatic carbocycles. The predicted octanol–water partition coefficient (Wildman–Crippen LogP) is 2.77. The smallest absolute Gasteiger partial charge is 0.121 e. The van der Waals surface area contributed by atoms with Crippen molar-refractivity contribution in [2.75, 3.05) is 0 Å². The van der Waals surface area contributed by atoms with Gasteiger partial charge in [0.25, 0.3) is 0 Å². The summed E-state index contributed by atoms with van der Waals surface area (Å²) in [5, 5.41) is 4.67. The largest absolute Gasteiger partial charge is 0.489 e. The van der Waals surface area contributed by atoms with Crippen LogP contribution in [0.1, 0.15) is 18.1 Å². The lowest BCUT2D eigenvalue weighted by Crippen LogP contribution is -2.09. The van der Waals surface area contributed by atoms with Crippen molar-refractivity contribution in [3.8, 4) is 5.75 Å². The van der Waals surface area contributed by atoms with Gasteiger partial charge >= 0.3 is 0 Å². The second-order valence-corrected chi connectivity index (χ2v) is 4.85. The maximum atomic E-state index is 6.07. The molecule has 0 aliphatic rings. The van der Waals surface area contributed by atoms with E-state index in [1.807, 2.05) is 17.8 Å². The standard InChI is InChI=1S/C13H14ClN3OS/c1-2-17-7-9(6-16-17)8-18-10-3-4-11(13(15)19)12(14)5-10/h3-7H,2,8H2,1H3,(H2,15,19). The molecule has 1 heterocycles. The van der Waals surface area contributed by atoms with Crippen molar-refractivity contribution >= 4 is 28.8 Å². The Balaban J connectivity index is 2.03. The van der Waals surface area contributed by atoms with E-state index in [1.54, 1.807) is 24.4 Å². The summed E-state index contributed by atoms with van der Waals surface area (Å²) < 4.78 is 7.49. The molecule has 1 aromatic heterocycles. The van der Waals surface area contributed by atoms with Gasteiger partial charge in [-0.05, 0) is 25.1 Å². The molecule has 2 aromatic rings. The monoisotopic (exact) mass is 295 g/mol. The molecule has 2 rings (SSSR count). The van der Waals surface area contributed by atoms with E-state index in [0.29, 0.717) is 22.9 Å². The van der Waals surface area contributed by atoms with Crippen LogP contribution in [0.15, 0.2) is 30.6 Å². The molecular weight excluding hydrogens is 282 g/mol. The van der Waals surface area contributed by atoms with E-state index in [-0.39, 0.29) is 4.99 Å². The van der Waals surface area contributed by atoms with E-state index in [4.69, 9.17) is 34.3 Å². The second-order valence-electron chi connectivity index (χ2n) is 4.00. The predicted molar refractivity (Wildman–Crippen MR) is 79.6 cm³/mol. The van der Waals surface area contributed by atoms with E-state index in [0.717, 1.165) is 12.1 Å². The summed E-state index contributed by atoms with van der Waals surface area (Å²) in [7, 11) is 0. The number of ether oxygens (including phenoxy) is 1. The normalized spacial score (nSPS) is 10.4. The highest BCUT2D eigenvalue weighted by molar-refractivity contribution is 7.80. The fourth-order valence-corrected chi connectivity index (χ4v) is 2.11. The van der Waals surface area contributed by atoms with Crippen LogP contribution in [0.4, 0.5) is 0 Å². The maximum absolute atomic E-state index is 6.07. The SMILES string of the molecule is CCn1cc(COc2ccc(C(N)=S)c(Cl)c2)cn1. The van der Waals surface area contributed by atoms with Crippen LogP contribution in [-0.4, -0.2) is 14.8 Å². The highest BCUT2D eigenvalue weighted by atomic mass is 35.5. The second kappa shape index (κ2) is 6.04. The van der Waals surface area contributed by atoms with Crippen LogP contribution in [0.2, 0.25) is 5.02 Å². The van der Waals surface area contributed by atoms with E-state index in [1.165, 1.54) is 0 Å². The van der Waals surface area contributed by atoms with Gasteiger partial charge in [-0.3, -0.25) is 4.68 Å². The van der Waals surface area contributed by atoms with Gasteiger partial charge in [-0.2, -0.15) is 5.10 Å². The number of nitrogens with zero attached hydrogens (tertiary/aromatic N) is 2. The number of hydrogen-bond donors (Lipinski definition) is 1. The summed E-state index contributed by atoms with van der Waals surface area (Å²) in [4.78, 5) is 0.278. The molecule has 0 spiro atoms. The lowest BCUT2D eigenvalue weighted by molar-refractivity contribution is 0.306. The molecule has 0 bridgehead atoms. The third kappa shape index (κ3) is 3.45. The molecule has 0 unspecified atom stereocenters. The molecule has 0 aliphatic heterocycles. The van der Waals surface area contributed by atoms with Crippen LogP contribution in [-0.2, 0) is 13.2 Å². The van der Waals surface area contributed by atoms with Gasteiger partial charge in [0.05, 0.1) is 11.2 Å². The molecule has 0 saturated carbocycles. The zero-order valence-corrected chi connectivity index (χ0v) is 12.0. The number of rotatable bonds is 5. The summed E-state index contributed by atoms with van der Waals surface area (Å²) in [6.45, 7) is 3.32. The van der Waals surface area contributed by atoms with Crippen molar-refractivity contribution in [1.82, 2.24) is 9.78 Å². The van der Waals surface area contributed by atoms with Gasteiger partial charge in [-0.15, -0.1) is 0 Å². The molecule has 4 nitrogen and oxygen atoms in total. The minimum atomic E-state index is 0.278. The van der Waals surface area contributed by atoms with Crippen LogP contribution >= 0.6 is 23.8 Å². The Morgan fingerprint density at radius 1 is 1.53 bits per heavy atom. The van der Waals surface area contributed by atoms with E-state index in [9.17, 15) is 0 Å². The summed E-state index contributed by atoms with van der Waals surface area (Å²) in [6, 6.07) is 5.26. The Hall–Kier alpha value is -1.59. The summed E-state index contributed by atoms with van der Waals surface area (Å²) in [5.41, 5.74) is 7.21. The van der Waals surface area contributed by atoms with E-state index < -0.39 is 0 Å². The van der Waals surface area contributed by atoms with Crippen LogP contribution < -0.4 is 10.5 Å². The minimum Gasteiger partial charge on any atom is -0.489 e. The first-order valence-corrected chi connectivity index (χ1v) is 6.62. The number of benzene rings is 1. The summed E-state index contributed by atoms with van der Waals surface area (Å²) >= 11 is 11.0. The fourth-order valence-electron chi connectivity index (χ4n) is 1.61. The summed E-state index contributed by atoms with van der Waals surface area (Å²) in [6.07, 6.45) is 3.74. The van der Waals surface area contributed by atoms with Gasteiger partial charge in [0.2, 0.25) is 0 Å². The Kier molecular flexibility index (Phi) is 4.39. The van der Waals surface area contributed by atoms with Crippen molar-refractivity contribution < 1.29 is 4.74 Å². The van der Waals surface area contributed by atoms with Gasteiger partial charge < -0.3 is 10.5 Å². The average molecular weight is 296 g/mol. The first kappa shape index (κ1) is 13.8. The first-order valence-electron chi connectivity index (χ1n) is 5.83. The zero-order valence-electron chi connectivity index (χ0n) is 10.5. The molecule has 0 fully saturated rings. The average Bonchev–Trinajstić information content (AvgIpc) is 2.84. The topological polar surface area (TPSA) is 53.1 Å². The zero-order chi connectivity index (χ0) is 13.8. The van der Waals surface area contributed by atoms with Gasteiger partial charge in [0, 0.05) is 23.9 Å². The molecule has 0 amide bonds. The number of halogens is 1. The lowest BCUT2D eigenvalue weighted by atomic mass is 10.2. The Labute approximate surface area is 122 Å². The molecule has 2 N–H and O–H groups in total. The first-order chi connectivity index (χ1) is 9.10. The van der Waals surface area contributed by atoms with Gasteiger partial charge in [-0.1, -0.05) is 23.8 Å². The van der Waals surface area contributed by atoms with Crippen LogP contribution in [0.5, 0.6) is 5.75 Å². The minimum absolute atomic E-state index is 0.278. The molecule has 19 heavy (non-hydrogen) atoms. The summed E-state index contributed by atoms with van der Waals surface area (Å²) in [5.74, 6) is 0.675. The van der Waals surface area contributed by atoms with E-state index >= 15 is 0 Å². The fraction of sp³-hybridized carbons (Fsp3) is 0.231.